The summed E-state index contributed by atoms with van der Waals surface area (Å²) in [6, 6.07) is 1.07. The number of hydrogen-bond donors (Lipinski definition) is 1. The van der Waals surface area contributed by atoms with Gasteiger partial charge in [0, 0.05) is 27.6 Å². The molecule has 0 bridgehead atoms. The van der Waals surface area contributed by atoms with Crippen molar-refractivity contribution in [2.75, 3.05) is 5.75 Å². The lowest BCUT2D eigenvalue weighted by atomic mass is 10.6. The molecule has 0 unspecified atom stereocenters. The zero-order valence-electron chi connectivity index (χ0n) is 4.15. The Morgan fingerprint density at radius 1 is 1.43 bits per heavy atom. The molecule has 0 aromatic carbocycles. The Bertz CT molecular complexity index is 22.4. The van der Waals surface area contributed by atoms with Crippen molar-refractivity contribution >= 4 is 40.2 Å². The van der Waals surface area contributed by atoms with Gasteiger partial charge in [-0.25, -0.2) is 0 Å². The molecule has 0 atom stereocenters. The zero-order valence-corrected chi connectivity index (χ0v) is 7.20. The summed E-state index contributed by atoms with van der Waals surface area (Å²) >= 11 is 3.97. The van der Waals surface area contributed by atoms with Crippen LogP contribution in [-0.2, 0) is 0 Å². The van der Waals surface area contributed by atoms with Crippen LogP contribution < -0.4 is 0 Å². The van der Waals surface area contributed by atoms with Gasteiger partial charge in [0.2, 0.25) is 0 Å². The van der Waals surface area contributed by atoms with Crippen molar-refractivity contribution in [3.8, 4) is 0 Å². The van der Waals surface area contributed by atoms with E-state index in [0.717, 1.165) is 11.8 Å². The van der Waals surface area contributed by atoms with Gasteiger partial charge in [0.05, 0.1) is 0 Å². The fourth-order valence-electron chi connectivity index (χ4n) is 0.0791. The van der Waals surface area contributed by atoms with Crippen molar-refractivity contribution in [2.45, 2.75) is 12.5 Å². The van der Waals surface area contributed by atoms with E-state index in [9.17, 15) is 0 Å². The van der Waals surface area contributed by atoms with Crippen LogP contribution in [0.2, 0.25) is 6.04 Å². The summed E-state index contributed by atoms with van der Waals surface area (Å²) in [4.78, 5) is 0. The predicted octanol–water partition coefficient (Wildman–Crippen LogP) is -0.312. The molecule has 0 saturated heterocycles. The van der Waals surface area contributed by atoms with Gasteiger partial charge in [0.1, 0.15) is 0 Å². The van der Waals surface area contributed by atoms with Gasteiger partial charge in [-0.15, -0.1) is 0 Å². The van der Waals surface area contributed by atoms with E-state index in [1.165, 1.54) is 6.42 Å². The van der Waals surface area contributed by atoms with Gasteiger partial charge in [-0.05, 0) is 12.2 Å². The van der Waals surface area contributed by atoms with Crippen molar-refractivity contribution in [1.29, 1.82) is 0 Å². The Labute approximate surface area is 64.1 Å². The second-order valence-electron chi connectivity index (χ2n) is 0.827. The maximum absolute atomic E-state index is 3.97. The third kappa shape index (κ3) is 19.3. The van der Waals surface area contributed by atoms with Crippen molar-refractivity contribution < 1.29 is 5.48 Å². The van der Waals surface area contributed by atoms with Gasteiger partial charge in [-0.1, -0.05) is 6.04 Å². The maximum atomic E-state index is 3.97. The highest BCUT2D eigenvalue weighted by Gasteiger charge is 1.69. The van der Waals surface area contributed by atoms with Crippen LogP contribution in [0, 0.1) is 0 Å². The van der Waals surface area contributed by atoms with Crippen LogP contribution in [0.5, 0.6) is 0 Å². The Morgan fingerprint density at radius 3 is 1.86 bits per heavy atom. The standard InChI is InChI=1S/C3H7SSi.Al.H2O/c4-2-1-3-5;;/h4H,1-3H2;;1H2. The van der Waals surface area contributed by atoms with E-state index < -0.39 is 0 Å². The molecule has 0 aromatic heterocycles. The van der Waals surface area contributed by atoms with Crippen molar-refractivity contribution in [1.82, 2.24) is 0 Å². The maximum Gasteiger partial charge on any atom is 0.0222 e. The highest BCUT2D eigenvalue weighted by atomic mass is 32.1. The molecule has 0 amide bonds. The average Bonchev–Trinajstić information content (AvgIpc) is 1.41. The molecule has 0 aliphatic rings. The molecule has 1 nitrogen and oxygen atoms in total. The second kappa shape index (κ2) is 15.7. The van der Waals surface area contributed by atoms with Crippen LogP contribution in [-0.4, -0.2) is 38.8 Å². The summed E-state index contributed by atoms with van der Waals surface area (Å²) in [7, 11) is 3.30. The van der Waals surface area contributed by atoms with E-state index in [2.05, 4.69) is 22.9 Å². The highest BCUT2D eigenvalue weighted by Crippen LogP contribution is 1.84. The lowest BCUT2D eigenvalue weighted by Gasteiger charge is -1.78. The Morgan fingerprint density at radius 2 is 1.86 bits per heavy atom. The van der Waals surface area contributed by atoms with Gasteiger partial charge in [-0.2, -0.15) is 12.6 Å². The van der Waals surface area contributed by atoms with E-state index in [-0.39, 0.29) is 22.8 Å². The number of thiol groups is 1. The fourth-order valence-corrected chi connectivity index (χ4v) is 0.712. The predicted molar refractivity (Wildman–Crippen MR) is 38.4 cm³/mol. The molecule has 4 heteroatoms. The summed E-state index contributed by atoms with van der Waals surface area (Å²) in [5, 5.41) is 0. The molecule has 0 spiro atoms. The lowest BCUT2D eigenvalue weighted by molar-refractivity contribution is 0.824. The molecule has 7 heavy (non-hydrogen) atoms. The summed E-state index contributed by atoms with van der Waals surface area (Å²) in [6.45, 7) is 0. The van der Waals surface area contributed by atoms with E-state index in [4.69, 9.17) is 0 Å². The SMILES string of the molecule is O.[Al].[Si]CCCS. The molecule has 2 N–H and O–H groups in total. The molecule has 0 heterocycles. The van der Waals surface area contributed by atoms with Crippen LogP contribution in [0.25, 0.3) is 0 Å². The summed E-state index contributed by atoms with van der Waals surface area (Å²) in [6.07, 6.45) is 1.17. The second-order valence-corrected chi connectivity index (χ2v) is 1.77. The van der Waals surface area contributed by atoms with E-state index in [0.29, 0.717) is 0 Å². The summed E-state index contributed by atoms with van der Waals surface area (Å²) < 4.78 is 0. The van der Waals surface area contributed by atoms with E-state index >= 15 is 0 Å². The smallest absolute Gasteiger partial charge is 0.0222 e. The van der Waals surface area contributed by atoms with Gasteiger partial charge in [0.25, 0.3) is 0 Å². The third-order valence-electron chi connectivity index (χ3n) is 0.335. The molecular formula is C3H9AlOSSi. The fraction of sp³-hybridized carbons (Fsp3) is 1.00. The molecule has 40 valence electrons. The third-order valence-corrected chi connectivity index (χ3v) is 1.00. The van der Waals surface area contributed by atoms with Crippen LogP contribution in [0.15, 0.2) is 0 Å². The Balaban J connectivity index is -0.0000000800. The molecule has 0 aromatic rings. The first-order valence-electron chi connectivity index (χ1n) is 1.67. The summed E-state index contributed by atoms with van der Waals surface area (Å²) in [5.41, 5.74) is 0. The first kappa shape index (κ1) is 15.7. The quantitative estimate of drug-likeness (QED) is 0.411. The molecule has 0 saturated carbocycles. The van der Waals surface area contributed by atoms with Gasteiger partial charge < -0.3 is 5.48 Å². The number of hydrogen-bond acceptors (Lipinski definition) is 1. The van der Waals surface area contributed by atoms with Crippen molar-refractivity contribution in [3.05, 3.63) is 0 Å². The van der Waals surface area contributed by atoms with E-state index in [1.807, 2.05) is 0 Å². The Kier molecular flexibility index (Phi) is 35.3. The minimum atomic E-state index is 0. The van der Waals surface area contributed by atoms with E-state index in [1.54, 1.807) is 0 Å². The minimum absolute atomic E-state index is 0. The molecule has 0 rings (SSSR count). The van der Waals surface area contributed by atoms with Gasteiger partial charge >= 0.3 is 0 Å². The lowest BCUT2D eigenvalue weighted by Crippen LogP contribution is -1.69. The van der Waals surface area contributed by atoms with Gasteiger partial charge in [-0.3, -0.25) is 0 Å². The first-order chi connectivity index (χ1) is 2.41. The first-order valence-corrected chi connectivity index (χ1v) is 3.01. The number of rotatable bonds is 2. The van der Waals surface area contributed by atoms with Crippen LogP contribution in [0.4, 0.5) is 0 Å². The largest absolute Gasteiger partial charge is 0.412 e. The normalized spacial score (nSPS) is 6.00. The monoisotopic (exact) mass is 148 g/mol. The van der Waals surface area contributed by atoms with Crippen LogP contribution >= 0.6 is 12.6 Å². The van der Waals surface area contributed by atoms with Crippen LogP contribution in [0.1, 0.15) is 6.42 Å². The molecule has 0 aliphatic heterocycles. The molecular weight excluding hydrogens is 139 g/mol. The Hall–Kier alpha value is 1.06. The zero-order chi connectivity index (χ0) is 4.12. The van der Waals surface area contributed by atoms with Crippen molar-refractivity contribution in [2.24, 2.45) is 0 Å². The molecule has 0 aliphatic carbocycles. The molecule has 6 radical (unpaired) electrons. The minimum Gasteiger partial charge on any atom is -0.412 e. The van der Waals surface area contributed by atoms with Crippen LogP contribution in [0.3, 0.4) is 0 Å². The van der Waals surface area contributed by atoms with Crippen molar-refractivity contribution in [3.63, 3.8) is 0 Å². The van der Waals surface area contributed by atoms with Gasteiger partial charge in [0.15, 0.2) is 0 Å². The highest BCUT2D eigenvalue weighted by molar-refractivity contribution is 7.80. The summed E-state index contributed by atoms with van der Waals surface area (Å²) in [5.74, 6) is 0.990. The average molecular weight is 148 g/mol. The molecule has 0 fully saturated rings. The topological polar surface area (TPSA) is 31.5 Å².